The summed E-state index contributed by atoms with van der Waals surface area (Å²) < 4.78 is 0. The Balaban J connectivity index is 2.33. The first kappa shape index (κ1) is 13.0. The largest absolute Gasteiger partial charge is 0.337 e. The number of aromatic nitrogens is 1. The van der Waals surface area contributed by atoms with Crippen LogP contribution >= 0.6 is 15.9 Å². The van der Waals surface area contributed by atoms with Crippen LogP contribution in [0.5, 0.6) is 0 Å². The normalized spacial score (nSPS) is 12.4. The molecule has 94 valence electrons. The number of rotatable bonds is 3. The SMILES string of the molecule is CC(CBr)N(C)C(=O)c1ccc2ccccc2n1. The molecule has 4 heteroatoms. The molecule has 0 fully saturated rings. The molecular formula is C14H15BrN2O. The molecule has 0 saturated carbocycles. The van der Waals surface area contributed by atoms with Gasteiger partial charge in [0.25, 0.3) is 5.91 Å². The van der Waals surface area contributed by atoms with Gasteiger partial charge in [-0.1, -0.05) is 40.2 Å². The van der Waals surface area contributed by atoms with E-state index in [-0.39, 0.29) is 11.9 Å². The van der Waals surface area contributed by atoms with Gasteiger partial charge in [0.05, 0.1) is 5.52 Å². The number of carbonyl (C=O) groups excluding carboxylic acids is 1. The molecule has 1 unspecified atom stereocenters. The summed E-state index contributed by atoms with van der Waals surface area (Å²) in [7, 11) is 1.80. The molecule has 0 spiro atoms. The number of benzene rings is 1. The Morgan fingerprint density at radius 3 is 2.78 bits per heavy atom. The fourth-order valence-electron chi connectivity index (χ4n) is 1.67. The topological polar surface area (TPSA) is 33.2 Å². The maximum absolute atomic E-state index is 12.2. The van der Waals surface area contributed by atoms with Gasteiger partial charge in [-0.25, -0.2) is 4.98 Å². The molecule has 0 aliphatic carbocycles. The van der Waals surface area contributed by atoms with Crippen molar-refractivity contribution in [2.75, 3.05) is 12.4 Å². The van der Waals surface area contributed by atoms with E-state index in [0.29, 0.717) is 5.69 Å². The van der Waals surface area contributed by atoms with Gasteiger partial charge in [-0.15, -0.1) is 0 Å². The van der Waals surface area contributed by atoms with E-state index in [1.165, 1.54) is 0 Å². The number of fused-ring (bicyclic) bond motifs is 1. The second kappa shape index (κ2) is 5.48. The van der Waals surface area contributed by atoms with Crippen LogP contribution in [0.1, 0.15) is 17.4 Å². The number of carbonyl (C=O) groups is 1. The molecule has 0 saturated heterocycles. The van der Waals surface area contributed by atoms with Gasteiger partial charge in [0.2, 0.25) is 0 Å². The zero-order chi connectivity index (χ0) is 13.1. The Bertz CT molecular complexity index is 570. The molecule has 18 heavy (non-hydrogen) atoms. The number of hydrogen-bond donors (Lipinski definition) is 0. The molecule has 0 N–H and O–H groups in total. The van der Waals surface area contributed by atoms with Crippen LogP contribution in [0.4, 0.5) is 0 Å². The Morgan fingerprint density at radius 1 is 1.33 bits per heavy atom. The van der Waals surface area contributed by atoms with Gasteiger partial charge in [0.1, 0.15) is 5.69 Å². The van der Waals surface area contributed by atoms with Crippen molar-refractivity contribution < 1.29 is 4.79 Å². The van der Waals surface area contributed by atoms with Crippen molar-refractivity contribution in [2.45, 2.75) is 13.0 Å². The zero-order valence-corrected chi connectivity index (χ0v) is 12.0. The number of halogens is 1. The third-order valence-corrected chi connectivity index (χ3v) is 3.96. The third-order valence-electron chi connectivity index (χ3n) is 3.02. The van der Waals surface area contributed by atoms with E-state index in [1.807, 2.05) is 37.3 Å². The molecule has 0 aliphatic heterocycles. The van der Waals surface area contributed by atoms with Crippen molar-refractivity contribution >= 4 is 32.7 Å². The molecule has 3 nitrogen and oxygen atoms in total. The Labute approximate surface area is 115 Å². The van der Waals surface area contributed by atoms with E-state index >= 15 is 0 Å². The van der Waals surface area contributed by atoms with Crippen molar-refractivity contribution in [2.24, 2.45) is 0 Å². The van der Waals surface area contributed by atoms with Gasteiger partial charge in [-0.2, -0.15) is 0 Å². The van der Waals surface area contributed by atoms with Gasteiger partial charge in [-0.3, -0.25) is 4.79 Å². The lowest BCUT2D eigenvalue weighted by Gasteiger charge is -2.22. The first-order chi connectivity index (χ1) is 8.63. The van der Waals surface area contributed by atoms with E-state index in [1.54, 1.807) is 18.0 Å². The molecule has 1 heterocycles. The van der Waals surface area contributed by atoms with Crippen LogP contribution in [0, 0.1) is 0 Å². The predicted molar refractivity (Wildman–Crippen MR) is 77.1 cm³/mol. The quantitative estimate of drug-likeness (QED) is 0.816. The fraction of sp³-hybridized carbons (Fsp3) is 0.286. The van der Waals surface area contributed by atoms with Crippen LogP contribution in [-0.4, -0.2) is 34.2 Å². The number of hydrogen-bond acceptors (Lipinski definition) is 2. The summed E-state index contributed by atoms with van der Waals surface area (Å²) in [4.78, 5) is 18.3. The summed E-state index contributed by atoms with van der Waals surface area (Å²) in [6, 6.07) is 11.6. The summed E-state index contributed by atoms with van der Waals surface area (Å²) >= 11 is 3.38. The highest BCUT2D eigenvalue weighted by molar-refractivity contribution is 9.09. The first-order valence-corrected chi connectivity index (χ1v) is 6.94. The molecule has 1 aromatic carbocycles. The summed E-state index contributed by atoms with van der Waals surface area (Å²) in [6.07, 6.45) is 0. The summed E-state index contributed by atoms with van der Waals surface area (Å²) in [5.74, 6) is -0.0484. The van der Waals surface area contributed by atoms with Crippen LogP contribution in [0.2, 0.25) is 0 Å². The highest BCUT2D eigenvalue weighted by atomic mass is 79.9. The number of para-hydroxylation sites is 1. The molecule has 0 bridgehead atoms. The van der Waals surface area contributed by atoms with Crippen LogP contribution < -0.4 is 0 Å². The molecular weight excluding hydrogens is 292 g/mol. The van der Waals surface area contributed by atoms with Gasteiger partial charge < -0.3 is 4.90 Å². The smallest absolute Gasteiger partial charge is 0.272 e. The molecule has 2 aromatic rings. The zero-order valence-electron chi connectivity index (χ0n) is 10.4. The van der Waals surface area contributed by atoms with Crippen LogP contribution in [0.25, 0.3) is 10.9 Å². The van der Waals surface area contributed by atoms with Gasteiger partial charge in [0.15, 0.2) is 0 Å². The lowest BCUT2D eigenvalue weighted by Crippen LogP contribution is -2.36. The van der Waals surface area contributed by atoms with Crippen LogP contribution in [0.3, 0.4) is 0 Å². The average molecular weight is 307 g/mol. The second-order valence-corrected chi connectivity index (χ2v) is 4.96. The maximum Gasteiger partial charge on any atom is 0.272 e. The molecule has 2 rings (SSSR count). The van der Waals surface area contributed by atoms with Crippen molar-refractivity contribution in [1.82, 2.24) is 9.88 Å². The lowest BCUT2D eigenvalue weighted by atomic mass is 10.2. The van der Waals surface area contributed by atoms with Gasteiger partial charge in [0, 0.05) is 23.8 Å². The molecule has 1 amide bonds. The van der Waals surface area contributed by atoms with E-state index in [0.717, 1.165) is 16.2 Å². The maximum atomic E-state index is 12.2. The van der Waals surface area contributed by atoms with Crippen molar-refractivity contribution in [3.63, 3.8) is 0 Å². The highest BCUT2D eigenvalue weighted by Crippen LogP contribution is 2.13. The number of pyridine rings is 1. The molecule has 0 aliphatic rings. The molecule has 1 atom stereocenters. The predicted octanol–water partition coefficient (Wildman–Crippen LogP) is 3.09. The summed E-state index contributed by atoms with van der Waals surface area (Å²) in [5.41, 5.74) is 1.34. The van der Waals surface area contributed by atoms with E-state index in [9.17, 15) is 4.79 Å². The Kier molecular flexibility index (Phi) is 3.97. The van der Waals surface area contributed by atoms with E-state index < -0.39 is 0 Å². The van der Waals surface area contributed by atoms with Crippen LogP contribution in [-0.2, 0) is 0 Å². The third kappa shape index (κ3) is 2.53. The van der Waals surface area contributed by atoms with E-state index in [2.05, 4.69) is 20.9 Å². The molecule has 0 radical (unpaired) electrons. The summed E-state index contributed by atoms with van der Waals surface area (Å²) in [5, 5.41) is 1.80. The number of amides is 1. The first-order valence-electron chi connectivity index (χ1n) is 5.82. The minimum atomic E-state index is -0.0484. The highest BCUT2D eigenvalue weighted by Gasteiger charge is 2.17. The second-order valence-electron chi connectivity index (χ2n) is 4.31. The van der Waals surface area contributed by atoms with Gasteiger partial charge in [-0.05, 0) is 19.1 Å². The van der Waals surface area contributed by atoms with Crippen molar-refractivity contribution in [3.8, 4) is 0 Å². The minimum absolute atomic E-state index is 0.0484. The fourth-order valence-corrected chi connectivity index (χ4v) is 2.10. The van der Waals surface area contributed by atoms with Gasteiger partial charge >= 0.3 is 0 Å². The minimum Gasteiger partial charge on any atom is -0.337 e. The summed E-state index contributed by atoms with van der Waals surface area (Å²) in [6.45, 7) is 1.99. The number of alkyl halides is 1. The van der Waals surface area contributed by atoms with Crippen LogP contribution in [0.15, 0.2) is 36.4 Å². The lowest BCUT2D eigenvalue weighted by molar-refractivity contribution is 0.0752. The van der Waals surface area contributed by atoms with E-state index in [4.69, 9.17) is 0 Å². The number of nitrogens with zero attached hydrogens (tertiary/aromatic N) is 2. The Morgan fingerprint density at radius 2 is 2.06 bits per heavy atom. The molecule has 1 aromatic heterocycles. The van der Waals surface area contributed by atoms with Crippen molar-refractivity contribution in [1.29, 1.82) is 0 Å². The monoisotopic (exact) mass is 306 g/mol. The van der Waals surface area contributed by atoms with Crippen molar-refractivity contribution in [3.05, 3.63) is 42.1 Å². The standard InChI is InChI=1S/C14H15BrN2O/c1-10(9-15)17(2)14(18)13-8-7-11-5-3-4-6-12(11)16-13/h3-8,10H,9H2,1-2H3. The Hall–Kier alpha value is -1.42. The average Bonchev–Trinajstić information content (AvgIpc) is 2.44.